The van der Waals surface area contributed by atoms with Crippen molar-refractivity contribution in [3.63, 3.8) is 0 Å². The molecule has 7 rings (SSSR count). The van der Waals surface area contributed by atoms with E-state index >= 15 is 0 Å². The Bertz CT molecular complexity index is 1910. The Labute approximate surface area is 227 Å². The normalized spacial score (nSPS) is 11.2. The van der Waals surface area contributed by atoms with E-state index in [0.717, 1.165) is 39.3 Å². The van der Waals surface area contributed by atoms with Crippen LogP contribution in [0.1, 0.15) is 5.56 Å². The zero-order valence-electron chi connectivity index (χ0n) is 21.3. The Kier molecular flexibility index (Phi) is 5.60. The summed E-state index contributed by atoms with van der Waals surface area (Å²) in [6.07, 6.45) is 1.85. The highest BCUT2D eigenvalue weighted by Gasteiger charge is 2.14. The highest BCUT2D eigenvalue weighted by Crippen LogP contribution is 2.34. The number of rotatable bonds is 5. The molecule has 0 atom stereocenters. The fraction of sp³-hybridized carbons (Fsp3) is 0. The number of aromatic nitrogens is 3. The number of benzene rings is 5. The van der Waals surface area contributed by atoms with Crippen molar-refractivity contribution in [3.05, 3.63) is 146 Å². The van der Waals surface area contributed by atoms with Gasteiger partial charge >= 0.3 is 0 Å². The standard InChI is InChI=1S/C36H25N3/c1-2-25-19-21-26(22-20-25)32-24-33(38-36(37-32)27-11-4-3-5-12-27)28-13-10-14-29(23-28)39-34-17-8-6-15-30(34)31-16-7-9-18-35(31)39/h2-24H,1H2. The van der Waals surface area contributed by atoms with Crippen LogP contribution in [0.15, 0.2) is 140 Å². The van der Waals surface area contributed by atoms with Gasteiger partial charge in [-0.1, -0.05) is 116 Å². The molecular weight excluding hydrogens is 474 g/mol. The van der Waals surface area contributed by atoms with Crippen LogP contribution in [0, 0.1) is 0 Å². The smallest absolute Gasteiger partial charge is 0.160 e. The van der Waals surface area contributed by atoms with Crippen molar-refractivity contribution in [3.8, 4) is 39.6 Å². The highest BCUT2D eigenvalue weighted by atomic mass is 15.0. The van der Waals surface area contributed by atoms with Gasteiger partial charge in [-0.15, -0.1) is 0 Å². The molecule has 0 aliphatic rings. The van der Waals surface area contributed by atoms with E-state index in [9.17, 15) is 0 Å². The van der Waals surface area contributed by atoms with Gasteiger partial charge in [0.05, 0.1) is 22.4 Å². The Balaban J connectivity index is 1.42. The minimum absolute atomic E-state index is 0.707. The maximum Gasteiger partial charge on any atom is 0.160 e. The molecule has 39 heavy (non-hydrogen) atoms. The fourth-order valence-electron chi connectivity index (χ4n) is 5.25. The molecule has 0 fully saturated rings. The summed E-state index contributed by atoms with van der Waals surface area (Å²) >= 11 is 0. The van der Waals surface area contributed by atoms with E-state index in [1.54, 1.807) is 0 Å². The van der Waals surface area contributed by atoms with Gasteiger partial charge in [0.25, 0.3) is 0 Å². The van der Waals surface area contributed by atoms with Gasteiger partial charge in [0.2, 0.25) is 0 Å². The lowest BCUT2D eigenvalue weighted by Crippen LogP contribution is -1.97. The molecule has 184 valence electrons. The number of nitrogens with zero attached hydrogens (tertiary/aromatic N) is 3. The SMILES string of the molecule is C=Cc1ccc(-c2cc(-c3cccc(-n4c5ccccc5c5ccccc54)c3)nc(-c3ccccc3)n2)cc1. The van der Waals surface area contributed by atoms with E-state index in [2.05, 4.69) is 126 Å². The molecule has 0 aliphatic heterocycles. The third-order valence-electron chi connectivity index (χ3n) is 7.18. The molecule has 3 nitrogen and oxygen atoms in total. The molecule has 7 aromatic rings. The van der Waals surface area contributed by atoms with Crippen LogP contribution in [0.3, 0.4) is 0 Å². The highest BCUT2D eigenvalue weighted by molar-refractivity contribution is 6.09. The predicted octanol–water partition coefficient (Wildman–Crippen LogP) is 9.22. The van der Waals surface area contributed by atoms with Crippen LogP contribution in [0.2, 0.25) is 0 Å². The molecule has 2 heterocycles. The molecule has 0 spiro atoms. The maximum atomic E-state index is 5.04. The second-order valence-corrected chi connectivity index (χ2v) is 9.57. The van der Waals surface area contributed by atoms with Crippen molar-refractivity contribution in [2.24, 2.45) is 0 Å². The van der Waals surface area contributed by atoms with Gasteiger partial charge in [0.1, 0.15) is 0 Å². The van der Waals surface area contributed by atoms with Gasteiger partial charge < -0.3 is 4.57 Å². The first-order valence-electron chi connectivity index (χ1n) is 13.0. The monoisotopic (exact) mass is 499 g/mol. The average Bonchev–Trinajstić information content (AvgIpc) is 3.36. The number of fused-ring (bicyclic) bond motifs is 3. The maximum absolute atomic E-state index is 5.04. The van der Waals surface area contributed by atoms with Crippen LogP contribution in [-0.2, 0) is 0 Å². The molecule has 0 saturated carbocycles. The Hall–Kier alpha value is -5.28. The second kappa shape index (κ2) is 9.55. The lowest BCUT2D eigenvalue weighted by Gasteiger charge is -2.12. The summed E-state index contributed by atoms with van der Waals surface area (Å²) in [6, 6.07) is 46.3. The van der Waals surface area contributed by atoms with E-state index in [0.29, 0.717) is 5.82 Å². The Morgan fingerprint density at radius 3 is 1.77 bits per heavy atom. The van der Waals surface area contributed by atoms with Crippen LogP contribution >= 0.6 is 0 Å². The topological polar surface area (TPSA) is 30.7 Å². The Morgan fingerprint density at radius 1 is 0.513 bits per heavy atom. The first kappa shape index (κ1) is 22.9. The van der Waals surface area contributed by atoms with E-state index < -0.39 is 0 Å². The third-order valence-corrected chi connectivity index (χ3v) is 7.18. The van der Waals surface area contributed by atoms with E-state index in [-0.39, 0.29) is 0 Å². The van der Waals surface area contributed by atoms with Gasteiger partial charge in [-0.3, -0.25) is 0 Å². The van der Waals surface area contributed by atoms with Crippen LogP contribution in [0.4, 0.5) is 0 Å². The molecule has 5 aromatic carbocycles. The average molecular weight is 500 g/mol. The van der Waals surface area contributed by atoms with Gasteiger partial charge in [-0.05, 0) is 35.9 Å². The molecule has 0 saturated heterocycles. The van der Waals surface area contributed by atoms with Crippen molar-refractivity contribution in [2.45, 2.75) is 0 Å². The first-order valence-corrected chi connectivity index (χ1v) is 13.0. The molecule has 0 aliphatic carbocycles. The van der Waals surface area contributed by atoms with E-state index in [1.807, 2.05) is 24.3 Å². The molecule has 0 N–H and O–H groups in total. The minimum atomic E-state index is 0.707. The molecule has 0 bridgehead atoms. The quantitative estimate of drug-likeness (QED) is 0.236. The van der Waals surface area contributed by atoms with Gasteiger partial charge in [-0.2, -0.15) is 0 Å². The number of hydrogen-bond acceptors (Lipinski definition) is 2. The molecule has 0 radical (unpaired) electrons. The summed E-state index contributed by atoms with van der Waals surface area (Å²) in [5.74, 6) is 0.707. The molecule has 0 unspecified atom stereocenters. The van der Waals surface area contributed by atoms with Crippen LogP contribution < -0.4 is 0 Å². The number of hydrogen-bond donors (Lipinski definition) is 0. The number of para-hydroxylation sites is 2. The van der Waals surface area contributed by atoms with Crippen molar-refractivity contribution >= 4 is 27.9 Å². The summed E-state index contributed by atoms with van der Waals surface area (Å²) in [5.41, 5.74) is 9.39. The van der Waals surface area contributed by atoms with Crippen LogP contribution in [-0.4, -0.2) is 14.5 Å². The molecule has 3 heteroatoms. The van der Waals surface area contributed by atoms with Crippen molar-refractivity contribution in [1.29, 1.82) is 0 Å². The first-order chi connectivity index (χ1) is 19.3. The summed E-state index contributed by atoms with van der Waals surface area (Å²) in [6.45, 7) is 3.88. The van der Waals surface area contributed by atoms with E-state index in [1.165, 1.54) is 21.8 Å². The van der Waals surface area contributed by atoms with Gasteiger partial charge in [0, 0.05) is 33.2 Å². The Morgan fingerprint density at radius 2 is 1.10 bits per heavy atom. The summed E-state index contributed by atoms with van der Waals surface area (Å²) in [4.78, 5) is 10.0. The zero-order valence-corrected chi connectivity index (χ0v) is 21.3. The van der Waals surface area contributed by atoms with Gasteiger partial charge in [0.15, 0.2) is 5.82 Å². The minimum Gasteiger partial charge on any atom is -0.309 e. The summed E-state index contributed by atoms with van der Waals surface area (Å²) in [7, 11) is 0. The summed E-state index contributed by atoms with van der Waals surface area (Å²) < 4.78 is 2.34. The molecule has 2 aromatic heterocycles. The lowest BCUT2D eigenvalue weighted by atomic mass is 10.0. The third kappa shape index (κ3) is 4.11. The van der Waals surface area contributed by atoms with Crippen molar-refractivity contribution in [1.82, 2.24) is 14.5 Å². The molecule has 0 amide bonds. The van der Waals surface area contributed by atoms with Gasteiger partial charge in [-0.25, -0.2) is 9.97 Å². The fourth-order valence-corrected chi connectivity index (χ4v) is 5.25. The second-order valence-electron chi connectivity index (χ2n) is 9.57. The van der Waals surface area contributed by atoms with Crippen molar-refractivity contribution in [2.75, 3.05) is 0 Å². The summed E-state index contributed by atoms with van der Waals surface area (Å²) in [5, 5.41) is 2.49. The van der Waals surface area contributed by atoms with Crippen LogP contribution in [0.25, 0.3) is 67.5 Å². The largest absolute Gasteiger partial charge is 0.309 e. The predicted molar refractivity (Wildman–Crippen MR) is 163 cm³/mol. The lowest BCUT2D eigenvalue weighted by molar-refractivity contribution is 1.16. The van der Waals surface area contributed by atoms with E-state index in [4.69, 9.17) is 9.97 Å². The van der Waals surface area contributed by atoms with Crippen molar-refractivity contribution < 1.29 is 0 Å². The molecular formula is C36H25N3. The van der Waals surface area contributed by atoms with Crippen LogP contribution in [0.5, 0.6) is 0 Å². The zero-order chi connectivity index (χ0) is 26.2.